The SMILES string of the molecule is O=C(Oc1ccc(Br)cc1C=NNC(=O)c1[nH]c2c(Cl)cc(Cl)cc2c1-c1ccccc1)c1ccc2c(c1)OCO2. The third kappa shape index (κ3) is 5.52. The molecule has 0 aliphatic carbocycles. The van der Waals surface area contributed by atoms with Gasteiger partial charge in [-0.2, -0.15) is 5.10 Å². The molecule has 2 N–H and O–H groups in total. The first-order valence-electron chi connectivity index (χ1n) is 12.2. The van der Waals surface area contributed by atoms with Gasteiger partial charge in [0.1, 0.15) is 11.4 Å². The lowest BCUT2D eigenvalue weighted by Gasteiger charge is -2.09. The van der Waals surface area contributed by atoms with Gasteiger partial charge in [-0.3, -0.25) is 4.79 Å². The first-order valence-corrected chi connectivity index (χ1v) is 13.7. The molecule has 1 aliphatic rings. The van der Waals surface area contributed by atoms with Gasteiger partial charge in [-0.15, -0.1) is 0 Å². The molecule has 11 heteroatoms. The minimum absolute atomic E-state index is 0.0962. The van der Waals surface area contributed by atoms with Crippen molar-refractivity contribution in [3.8, 4) is 28.4 Å². The maximum Gasteiger partial charge on any atom is 0.343 e. The maximum absolute atomic E-state index is 13.4. The van der Waals surface area contributed by atoms with E-state index in [2.05, 4.69) is 31.4 Å². The van der Waals surface area contributed by atoms with Crippen molar-refractivity contribution in [3.05, 3.63) is 110 Å². The predicted octanol–water partition coefficient (Wildman–Crippen LogP) is 7.62. The van der Waals surface area contributed by atoms with E-state index in [1.807, 2.05) is 30.3 Å². The van der Waals surface area contributed by atoms with Crippen LogP contribution in [0.5, 0.6) is 17.2 Å². The van der Waals surface area contributed by atoms with Crippen molar-refractivity contribution in [2.24, 2.45) is 5.10 Å². The Labute approximate surface area is 252 Å². The molecule has 5 aromatic rings. The summed E-state index contributed by atoms with van der Waals surface area (Å²) in [4.78, 5) is 29.3. The fourth-order valence-corrected chi connectivity index (χ4v) is 5.33. The van der Waals surface area contributed by atoms with Gasteiger partial charge in [0.25, 0.3) is 5.91 Å². The average molecular weight is 651 g/mol. The molecule has 0 saturated carbocycles. The summed E-state index contributed by atoms with van der Waals surface area (Å²) in [6.45, 7) is 0.0962. The van der Waals surface area contributed by atoms with Crippen LogP contribution in [0.25, 0.3) is 22.0 Å². The van der Waals surface area contributed by atoms with Gasteiger partial charge in [0.05, 0.1) is 22.3 Å². The van der Waals surface area contributed by atoms with Gasteiger partial charge < -0.3 is 19.2 Å². The summed E-state index contributed by atoms with van der Waals surface area (Å²) in [7, 11) is 0. The van der Waals surface area contributed by atoms with Crippen LogP contribution in [0, 0.1) is 0 Å². The number of nitrogens with zero attached hydrogens (tertiary/aromatic N) is 1. The molecule has 0 unspecified atom stereocenters. The Morgan fingerprint density at radius 2 is 1.78 bits per heavy atom. The fraction of sp³-hybridized carbons (Fsp3) is 0.0333. The molecule has 0 radical (unpaired) electrons. The summed E-state index contributed by atoms with van der Waals surface area (Å²) < 4.78 is 17.0. The van der Waals surface area contributed by atoms with Gasteiger partial charge in [-0.05, 0) is 54.1 Å². The summed E-state index contributed by atoms with van der Waals surface area (Å²) in [5.41, 5.74) is 5.57. The molecule has 0 saturated heterocycles. The Hall–Kier alpha value is -4.31. The number of carbonyl (C=O) groups excluding carboxylic acids is 2. The van der Waals surface area contributed by atoms with Gasteiger partial charge in [-0.25, -0.2) is 10.2 Å². The van der Waals surface area contributed by atoms with Crippen molar-refractivity contribution >= 4 is 68.1 Å². The van der Waals surface area contributed by atoms with Crippen molar-refractivity contribution in [2.45, 2.75) is 0 Å². The number of benzene rings is 4. The molecule has 204 valence electrons. The largest absolute Gasteiger partial charge is 0.454 e. The Morgan fingerprint density at radius 3 is 2.61 bits per heavy atom. The summed E-state index contributed by atoms with van der Waals surface area (Å²) >= 11 is 16.1. The number of nitrogens with one attached hydrogen (secondary N) is 2. The van der Waals surface area contributed by atoms with E-state index in [1.54, 1.807) is 48.5 Å². The van der Waals surface area contributed by atoms with Crippen LogP contribution in [0.15, 0.2) is 88.4 Å². The van der Waals surface area contributed by atoms with Crippen LogP contribution in [0.3, 0.4) is 0 Å². The van der Waals surface area contributed by atoms with E-state index in [1.165, 1.54) is 6.21 Å². The van der Waals surface area contributed by atoms with Crippen molar-refractivity contribution in [3.63, 3.8) is 0 Å². The lowest BCUT2D eigenvalue weighted by molar-refractivity contribution is 0.0733. The van der Waals surface area contributed by atoms with Crippen molar-refractivity contribution in [1.29, 1.82) is 0 Å². The number of aromatic nitrogens is 1. The van der Waals surface area contributed by atoms with Gasteiger partial charge in [-0.1, -0.05) is 69.5 Å². The highest BCUT2D eigenvalue weighted by Crippen LogP contribution is 2.38. The minimum Gasteiger partial charge on any atom is -0.454 e. The highest BCUT2D eigenvalue weighted by molar-refractivity contribution is 9.10. The molecular weight excluding hydrogens is 633 g/mol. The summed E-state index contributed by atoms with van der Waals surface area (Å²) in [5, 5.41) is 5.67. The maximum atomic E-state index is 13.4. The number of rotatable bonds is 6. The van der Waals surface area contributed by atoms with E-state index >= 15 is 0 Å². The second-order valence-corrected chi connectivity index (χ2v) is 10.6. The van der Waals surface area contributed by atoms with E-state index in [4.69, 9.17) is 37.4 Å². The van der Waals surface area contributed by atoms with Crippen LogP contribution in [0.1, 0.15) is 26.4 Å². The van der Waals surface area contributed by atoms with Crippen molar-refractivity contribution in [2.75, 3.05) is 6.79 Å². The van der Waals surface area contributed by atoms with Gasteiger partial charge in [0.2, 0.25) is 6.79 Å². The molecule has 0 spiro atoms. The van der Waals surface area contributed by atoms with E-state index < -0.39 is 11.9 Å². The molecule has 1 aromatic heterocycles. The van der Waals surface area contributed by atoms with E-state index in [-0.39, 0.29) is 18.2 Å². The Bertz CT molecular complexity index is 1860. The third-order valence-corrected chi connectivity index (χ3v) is 7.28. The van der Waals surface area contributed by atoms with Gasteiger partial charge >= 0.3 is 5.97 Å². The minimum atomic E-state index is -0.592. The van der Waals surface area contributed by atoms with Crippen LogP contribution >= 0.6 is 39.1 Å². The monoisotopic (exact) mass is 649 g/mol. The number of aromatic amines is 1. The summed E-state index contributed by atoms with van der Waals surface area (Å²) in [5.74, 6) is 0.174. The normalized spacial score (nSPS) is 12.2. The van der Waals surface area contributed by atoms with Gasteiger partial charge in [0.15, 0.2) is 11.5 Å². The smallest absolute Gasteiger partial charge is 0.343 e. The summed E-state index contributed by atoms with van der Waals surface area (Å²) in [6, 6.07) is 22.6. The zero-order valence-electron chi connectivity index (χ0n) is 20.9. The standard InChI is InChI=1S/C30H18BrCl2N3O5/c31-19-7-9-23(41-30(38)17-6-8-24-25(11-17)40-15-39-24)18(10-19)14-34-36-29(37)28-26(16-4-2-1-3-5-16)21-12-20(32)13-22(33)27(21)35-28/h1-14,35H,15H2,(H,36,37). The van der Waals surface area contributed by atoms with Crippen LogP contribution < -0.4 is 19.6 Å². The second kappa shape index (κ2) is 11.3. The lowest BCUT2D eigenvalue weighted by Crippen LogP contribution is -2.19. The number of halogens is 3. The number of carbonyl (C=O) groups is 2. The number of hydrogen-bond acceptors (Lipinski definition) is 6. The molecule has 4 aromatic carbocycles. The Kier molecular flexibility index (Phi) is 7.40. The number of ether oxygens (including phenoxy) is 3. The molecule has 0 atom stereocenters. The van der Waals surface area contributed by atoms with Crippen LogP contribution in [-0.2, 0) is 0 Å². The molecular formula is C30H18BrCl2N3O5. The first kappa shape index (κ1) is 26.9. The number of amides is 1. The topological polar surface area (TPSA) is 102 Å². The van der Waals surface area contributed by atoms with Crippen molar-refractivity contribution in [1.82, 2.24) is 10.4 Å². The highest BCUT2D eigenvalue weighted by Gasteiger charge is 2.22. The lowest BCUT2D eigenvalue weighted by atomic mass is 10.0. The fourth-order valence-electron chi connectivity index (χ4n) is 4.41. The number of H-pyrrole nitrogens is 1. The third-order valence-electron chi connectivity index (χ3n) is 6.27. The molecule has 0 fully saturated rings. The summed E-state index contributed by atoms with van der Waals surface area (Å²) in [6.07, 6.45) is 1.39. The van der Waals surface area contributed by atoms with Gasteiger partial charge in [0, 0.05) is 26.0 Å². The first-order chi connectivity index (χ1) is 19.9. The van der Waals surface area contributed by atoms with Crippen LogP contribution in [0.4, 0.5) is 0 Å². The van der Waals surface area contributed by atoms with E-state index in [0.717, 1.165) is 10.0 Å². The molecule has 1 amide bonds. The zero-order valence-corrected chi connectivity index (χ0v) is 24.0. The van der Waals surface area contributed by atoms with E-state index in [9.17, 15) is 9.59 Å². The molecule has 8 nitrogen and oxygen atoms in total. The number of esters is 1. The Balaban J connectivity index is 1.26. The average Bonchev–Trinajstić information content (AvgIpc) is 3.59. The molecule has 0 bridgehead atoms. The highest BCUT2D eigenvalue weighted by atomic mass is 79.9. The van der Waals surface area contributed by atoms with E-state index in [0.29, 0.717) is 49.1 Å². The number of hydrazone groups is 1. The zero-order chi connectivity index (χ0) is 28.5. The predicted molar refractivity (Wildman–Crippen MR) is 160 cm³/mol. The molecule has 6 rings (SSSR count). The van der Waals surface area contributed by atoms with Crippen molar-refractivity contribution < 1.29 is 23.8 Å². The van der Waals surface area contributed by atoms with Crippen LogP contribution in [-0.4, -0.2) is 29.9 Å². The Morgan fingerprint density at radius 1 is 0.976 bits per heavy atom. The number of hydrogen-bond donors (Lipinski definition) is 2. The molecule has 1 aliphatic heterocycles. The number of fused-ring (bicyclic) bond motifs is 2. The molecule has 2 heterocycles. The molecule has 41 heavy (non-hydrogen) atoms. The second-order valence-electron chi connectivity index (χ2n) is 8.89. The quantitative estimate of drug-likeness (QED) is 0.0852. The van der Waals surface area contributed by atoms with Crippen LogP contribution in [0.2, 0.25) is 10.0 Å².